The number of likely N-dealkylation sites (N-methyl/N-ethyl adjacent to an activating group) is 1. The largest absolute Gasteiger partial charge is 0.472 e. The highest BCUT2D eigenvalue weighted by atomic mass is 31.2. The van der Waals surface area contributed by atoms with Crippen LogP contribution in [0, 0.1) is 0 Å². The van der Waals surface area contributed by atoms with Gasteiger partial charge < -0.3 is 19.8 Å². The molecule has 0 bridgehead atoms. The Morgan fingerprint density at radius 3 is 1.80 bits per heavy atom. The Kier molecular flexibility index (Phi) is 25.2. The van der Waals surface area contributed by atoms with E-state index in [0.717, 1.165) is 38.5 Å². The summed E-state index contributed by atoms with van der Waals surface area (Å²) in [4.78, 5) is 22.8. The Morgan fingerprint density at radius 2 is 1.29 bits per heavy atom. The topological polar surface area (TPSA) is 105 Å². The van der Waals surface area contributed by atoms with Crippen LogP contribution in [0.25, 0.3) is 0 Å². The smallest absolute Gasteiger partial charge is 0.387 e. The van der Waals surface area contributed by atoms with Gasteiger partial charge in [0, 0.05) is 6.42 Å². The fourth-order valence-electron chi connectivity index (χ4n) is 4.51. The molecule has 3 atom stereocenters. The average Bonchev–Trinajstić information content (AvgIpc) is 2.90. The van der Waals surface area contributed by atoms with Gasteiger partial charge in [0.25, 0.3) is 0 Å². The van der Waals surface area contributed by atoms with Crippen molar-refractivity contribution >= 4 is 13.7 Å². The molecule has 9 heteroatoms. The molecule has 41 heavy (non-hydrogen) atoms. The van der Waals surface area contributed by atoms with Gasteiger partial charge in [0.1, 0.15) is 13.2 Å². The Morgan fingerprint density at radius 1 is 0.805 bits per heavy atom. The van der Waals surface area contributed by atoms with Crippen LogP contribution in [0.5, 0.6) is 0 Å². The highest BCUT2D eigenvalue weighted by Crippen LogP contribution is 2.43. The van der Waals surface area contributed by atoms with Crippen molar-refractivity contribution in [3.8, 4) is 0 Å². The van der Waals surface area contributed by atoms with Crippen molar-refractivity contribution in [2.75, 3.05) is 40.9 Å². The quantitative estimate of drug-likeness (QED) is 0.0350. The van der Waals surface area contributed by atoms with E-state index in [4.69, 9.17) is 9.05 Å². The summed E-state index contributed by atoms with van der Waals surface area (Å²) in [7, 11) is 1.57. The first-order valence-electron chi connectivity index (χ1n) is 16.6. The van der Waals surface area contributed by atoms with Crippen LogP contribution < -0.4 is 5.32 Å². The molecule has 0 aliphatic rings. The number of quaternary nitrogens is 1. The Hall–Kier alpha value is -0.760. The molecular formula is C32H66N2O6P+. The lowest BCUT2D eigenvalue weighted by Crippen LogP contribution is -2.45. The Bertz CT molecular complexity index is 698. The standard InChI is InChI=1S/C32H65N2O6P/c1-6-8-10-12-14-16-17-18-19-21-23-25-31(35)30(29-40-41(37,38)39-28-27-34(3,4)5)33-32(36)26-24-22-20-15-13-11-9-7-2/h23,25,30-31,35H,6-22,24,26-29H2,1-5H3,(H-,33,36,37,38)/p+1/b25-23+. The number of allylic oxidation sites excluding steroid dienone is 1. The molecule has 0 aromatic rings. The predicted octanol–water partition coefficient (Wildman–Crippen LogP) is 7.68. The van der Waals surface area contributed by atoms with Crippen LogP contribution in [-0.2, 0) is 18.4 Å². The third kappa shape index (κ3) is 27.8. The summed E-state index contributed by atoms with van der Waals surface area (Å²) in [5, 5.41) is 13.6. The molecule has 0 aliphatic carbocycles. The molecule has 1 amide bonds. The number of hydrogen-bond acceptors (Lipinski definition) is 5. The molecule has 244 valence electrons. The number of phosphoric ester groups is 1. The summed E-state index contributed by atoms with van der Waals surface area (Å²) in [6, 6.07) is -0.835. The zero-order valence-corrected chi connectivity index (χ0v) is 28.2. The van der Waals surface area contributed by atoms with Crippen molar-refractivity contribution in [2.45, 2.75) is 148 Å². The molecule has 0 heterocycles. The zero-order chi connectivity index (χ0) is 30.8. The lowest BCUT2D eigenvalue weighted by molar-refractivity contribution is -0.870. The number of hydrogen-bond donors (Lipinski definition) is 3. The van der Waals surface area contributed by atoms with Crippen LogP contribution in [-0.4, -0.2) is 73.4 Å². The number of aliphatic hydroxyl groups excluding tert-OH is 1. The van der Waals surface area contributed by atoms with Crippen molar-refractivity contribution in [2.24, 2.45) is 0 Å². The first-order chi connectivity index (χ1) is 19.5. The molecule has 0 aromatic heterocycles. The van der Waals surface area contributed by atoms with E-state index in [0.29, 0.717) is 17.4 Å². The van der Waals surface area contributed by atoms with Crippen LogP contribution >= 0.6 is 7.82 Å². The van der Waals surface area contributed by atoms with E-state index in [1.807, 2.05) is 27.2 Å². The van der Waals surface area contributed by atoms with Crippen LogP contribution in [0.3, 0.4) is 0 Å². The molecule has 8 nitrogen and oxygen atoms in total. The summed E-state index contributed by atoms with van der Waals surface area (Å²) in [5.41, 5.74) is 0. The van der Waals surface area contributed by atoms with Crippen molar-refractivity contribution in [3.05, 3.63) is 12.2 Å². The van der Waals surface area contributed by atoms with Crippen LogP contribution in [0.2, 0.25) is 0 Å². The van der Waals surface area contributed by atoms with Crippen molar-refractivity contribution in [1.29, 1.82) is 0 Å². The molecule has 0 saturated carbocycles. The normalized spacial score (nSPS) is 15.2. The average molecular weight is 606 g/mol. The summed E-state index contributed by atoms with van der Waals surface area (Å²) in [6.07, 6.45) is 24.2. The van der Waals surface area contributed by atoms with Gasteiger partial charge in [0.05, 0.1) is 39.9 Å². The van der Waals surface area contributed by atoms with Crippen molar-refractivity contribution in [1.82, 2.24) is 5.32 Å². The molecule has 0 spiro atoms. The third-order valence-corrected chi connectivity index (χ3v) is 8.24. The SMILES string of the molecule is CCCCCCCCCCC/C=C/C(O)C(COP(=O)(O)OCC[N+](C)(C)C)NC(=O)CCCCCCCCCC. The minimum Gasteiger partial charge on any atom is -0.387 e. The second-order valence-electron chi connectivity index (χ2n) is 12.5. The number of carbonyl (C=O) groups is 1. The molecule has 3 N–H and O–H groups in total. The summed E-state index contributed by atoms with van der Waals surface area (Å²) in [5.74, 6) is -0.185. The second-order valence-corrected chi connectivity index (χ2v) is 14.0. The molecule has 0 fully saturated rings. The third-order valence-electron chi connectivity index (χ3n) is 7.26. The molecule has 0 aliphatic heterocycles. The summed E-state index contributed by atoms with van der Waals surface area (Å²) < 4.78 is 23.3. The highest BCUT2D eigenvalue weighted by Gasteiger charge is 2.27. The molecular weight excluding hydrogens is 539 g/mol. The lowest BCUT2D eigenvalue weighted by atomic mass is 10.1. The number of amides is 1. The van der Waals surface area contributed by atoms with Crippen LogP contribution in [0.15, 0.2) is 12.2 Å². The summed E-state index contributed by atoms with van der Waals surface area (Å²) in [6.45, 7) is 4.73. The fourth-order valence-corrected chi connectivity index (χ4v) is 5.24. The minimum atomic E-state index is -4.31. The number of nitrogens with one attached hydrogen (secondary N) is 1. The minimum absolute atomic E-state index is 0.0634. The lowest BCUT2D eigenvalue weighted by Gasteiger charge is -2.25. The van der Waals surface area contributed by atoms with Gasteiger partial charge in [0.2, 0.25) is 5.91 Å². The maximum absolute atomic E-state index is 12.6. The first kappa shape index (κ1) is 40.2. The zero-order valence-electron chi connectivity index (χ0n) is 27.3. The molecule has 0 radical (unpaired) electrons. The monoisotopic (exact) mass is 605 g/mol. The first-order valence-corrected chi connectivity index (χ1v) is 18.1. The van der Waals surface area contributed by atoms with Gasteiger partial charge in [-0.05, 0) is 19.3 Å². The van der Waals surface area contributed by atoms with Crippen LogP contribution in [0.1, 0.15) is 136 Å². The van der Waals surface area contributed by atoms with E-state index in [1.165, 1.54) is 77.0 Å². The van der Waals surface area contributed by atoms with Gasteiger partial charge in [-0.15, -0.1) is 0 Å². The van der Waals surface area contributed by atoms with Crippen molar-refractivity contribution in [3.63, 3.8) is 0 Å². The maximum Gasteiger partial charge on any atom is 0.472 e. The number of carbonyl (C=O) groups excluding carboxylic acids is 1. The second kappa shape index (κ2) is 25.7. The van der Waals surface area contributed by atoms with Crippen molar-refractivity contribution < 1.29 is 32.9 Å². The molecule has 0 saturated heterocycles. The van der Waals surface area contributed by atoms with E-state index in [9.17, 15) is 19.4 Å². The van der Waals surface area contributed by atoms with Gasteiger partial charge >= 0.3 is 7.82 Å². The number of unbranched alkanes of at least 4 members (excludes halogenated alkanes) is 16. The fraction of sp³-hybridized carbons (Fsp3) is 0.906. The van der Waals surface area contributed by atoms with Crippen LogP contribution in [0.4, 0.5) is 0 Å². The van der Waals surface area contributed by atoms with Gasteiger partial charge in [0.15, 0.2) is 0 Å². The summed E-state index contributed by atoms with van der Waals surface area (Å²) >= 11 is 0. The number of rotatable bonds is 29. The molecule has 3 unspecified atom stereocenters. The van der Waals surface area contributed by atoms with E-state index >= 15 is 0 Å². The van der Waals surface area contributed by atoms with E-state index in [1.54, 1.807) is 6.08 Å². The van der Waals surface area contributed by atoms with E-state index in [2.05, 4.69) is 19.2 Å². The Labute approximate surface area is 252 Å². The molecule has 0 rings (SSSR count). The number of aliphatic hydroxyl groups is 1. The number of nitrogens with zero attached hydrogens (tertiary/aromatic N) is 1. The number of phosphoric acid groups is 1. The maximum atomic E-state index is 12.6. The molecule has 0 aromatic carbocycles. The van der Waals surface area contributed by atoms with Gasteiger partial charge in [-0.2, -0.15) is 0 Å². The Balaban J connectivity index is 4.65. The van der Waals surface area contributed by atoms with Gasteiger partial charge in [-0.1, -0.05) is 122 Å². The highest BCUT2D eigenvalue weighted by molar-refractivity contribution is 7.47. The predicted molar refractivity (Wildman–Crippen MR) is 171 cm³/mol. The van der Waals surface area contributed by atoms with E-state index in [-0.39, 0.29) is 19.1 Å². The van der Waals surface area contributed by atoms with Gasteiger partial charge in [-0.25, -0.2) is 4.57 Å². The van der Waals surface area contributed by atoms with E-state index < -0.39 is 20.0 Å². The van der Waals surface area contributed by atoms with Gasteiger partial charge in [-0.3, -0.25) is 13.8 Å².